The van der Waals surface area contributed by atoms with Gasteiger partial charge in [-0.3, -0.25) is 9.59 Å². The van der Waals surface area contributed by atoms with Crippen molar-refractivity contribution in [3.05, 3.63) is 76.6 Å². The number of pyridine rings is 1. The number of fused-ring (bicyclic) bond motifs is 1. The number of nitrogens with one attached hydrogen (secondary N) is 2. The predicted octanol–water partition coefficient (Wildman–Crippen LogP) is 4.19. The second-order valence-corrected chi connectivity index (χ2v) is 7.29. The quantitative estimate of drug-likeness (QED) is 0.460. The molecule has 0 aliphatic heterocycles. The number of carbonyl (C=O) groups excluding carboxylic acids is 2. The fraction of sp³-hybridized carbons (Fsp3) is 0.174. The van der Waals surface area contributed by atoms with Gasteiger partial charge in [0.1, 0.15) is 16.6 Å². The number of methoxy groups -OCH3 is 1. The van der Waals surface area contributed by atoms with Gasteiger partial charge in [0.05, 0.1) is 12.6 Å². The summed E-state index contributed by atoms with van der Waals surface area (Å²) in [4.78, 5) is 29.7. The molecule has 2 amide bonds. The van der Waals surface area contributed by atoms with Crippen molar-refractivity contribution in [2.24, 2.45) is 0 Å². The number of aromatic nitrogens is 1. The number of nitrogens with zero attached hydrogens (tertiary/aromatic N) is 1. The highest BCUT2D eigenvalue weighted by atomic mass is 35.5. The predicted molar refractivity (Wildman–Crippen MR) is 118 cm³/mol. The Bertz CT molecular complexity index is 1110. The van der Waals surface area contributed by atoms with Crippen molar-refractivity contribution in [1.29, 1.82) is 0 Å². The molecule has 0 aliphatic rings. The first-order chi connectivity index (χ1) is 14.4. The Morgan fingerprint density at radius 3 is 2.50 bits per heavy atom. The second-order valence-electron chi connectivity index (χ2n) is 6.93. The van der Waals surface area contributed by atoms with E-state index in [4.69, 9.17) is 16.3 Å². The Morgan fingerprint density at radius 2 is 1.83 bits per heavy atom. The molecule has 0 fully saturated rings. The summed E-state index contributed by atoms with van der Waals surface area (Å²) < 4.78 is 5.22. The maximum absolute atomic E-state index is 12.7. The molecule has 3 rings (SSSR count). The monoisotopic (exact) mass is 423 g/mol. The van der Waals surface area contributed by atoms with Gasteiger partial charge < -0.3 is 15.4 Å². The van der Waals surface area contributed by atoms with E-state index in [9.17, 15) is 9.59 Å². The Kier molecular flexibility index (Phi) is 6.69. The fourth-order valence-corrected chi connectivity index (χ4v) is 3.01. The molecule has 154 valence electrons. The van der Waals surface area contributed by atoms with Crippen LogP contribution in [0.2, 0.25) is 5.15 Å². The number of rotatable bonds is 6. The van der Waals surface area contributed by atoms with Crippen LogP contribution in [0.3, 0.4) is 0 Å². The lowest BCUT2D eigenvalue weighted by Gasteiger charge is -2.13. The Hall–Kier alpha value is -3.38. The van der Waals surface area contributed by atoms with Crippen LogP contribution in [0.4, 0.5) is 0 Å². The topological polar surface area (TPSA) is 80.3 Å². The number of hydrogen-bond acceptors (Lipinski definition) is 4. The van der Waals surface area contributed by atoms with Gasteiger partial charge in [0.15, 0.2) is 0 Å². The molecule has 1 heterocycles. The minimum absolute atomic E-state index is 0.0779. The Labute approximate surface area is 179 Å². The summed E-state index contributed by atoms with van der Waals surface area (Å²) >= 11 is 6.37. The summed E-state index contributed by atoms with van der Waals surface area (Å²) in [5, 5.41) is 6.51. The van der Waals surface area contributed by atoms with E-state index in [1.54, 1.807) is 43.5 Å². The second kappa shape index (κ2) is 9.41. The lowest BCUT2D eigenvalue weighted by atomic mass is 10.1. The van der Waals surface area contributed by atoms with Crippen LogP contribution < -0.4 is 15.4 Å². The van der Waals surface area contributed by atoms with Gasteiger partial charge in [-0.25, -0.2) is 4.98 Å². The number of amides is 2. The molecule has 0 bridgehead atoms. The van der Waals surface area contributed by atoms with Crippen molar-refractivity contribution < 1.29 is 14.3 Å². The van der Waals surface area contributed by atoms with E-state index in [1.165, 1.54) is 6.08 Å². The Morgan fingerprint density at radius 1 is 1.10 bits per heavy atom. The van der Waals surface area contributed by atoms with Crippen molar-refractivity contribution in [1.82, 2.24) is 15.6 Å². The van der Waals surface area contributed by atoms with Crippen molar-refractivity contribution in [3.63, 3.8) is 0 Å². The zero-order chi connectivity index (χ0) is 21.7. The van der Waals surface area contributed by atoms with E-state index in [0.29, 0.717) is 22.4 Å². The number of ether oxygens (including phenoxy) is 1. The molecule has 1 aromatic heterocycles. The van der Waals surface area contributed by atoms with Crippen LogP contribution in [0.1, 0.15) is 29.8 Å². The van der Waals surface area contributed by atoms with Gasteiger partial charge in [-0.2, -0.15) is 0 Å². The van der Waals surface area contributed by atoms with Gasteiger partial charge in [-0.05, 0) is 50.3 Å². The lowest BCUT2D eigenvalue weighted by Crippen LogP contribution is -2.38. The van der Waals surface area contributed by atoms with Crippen molar-refractivity contribution in [2.45, 2.75) is 19.9 Å². The molecule has 0 saturated heterocycles. The standard InChI is InChI=1S/C23H22ClN3O3/c1-14(2)25-23(29)20(27-22(28)15-7-5-4-6-8-15)12-17-11-16-9-10-18(30-3)13-19(16)26-21(17)24/h4-14H,1-3H3,(H,25,29)(H,27,28)/b20-12-. The first-order valence-electron chi connectivity index (χ1n) is 9.40. The highest BCUT2D eigenvalue weighted by Crippen LogP contribution is 2.25. The zero-order valence-corrected chi connectivity index (χ0v) is 17.7. The van der Waals surface area contributed by atoms with E-state index in [-0.39, 0.29) is 16.9 Å². The van der Waals surface area contributed by atoms with Gasteiger partial charge >= 0.3 is 0 Å². The van der Waals surface area contributed by atoms with Crippen LogP contribution in [0.5, 0.6) is 5.75 Å². The molecule has 0 spiro atoms. The first kappa shape index (κ1) is 21.3. The first-order valence-corrected chi connectivity index (χ1v) is 9.78. The summed E-state index contributed by atoms with van der Waals surface area (Å²) in [7, 11) is 1.58. The number of halogens is 1. The van der Waals surface area contributed by atoms with Crippen LogP contribution >= 0.6 is 11.6 Å². The maximum Gasteiger partial charge on any atom is 0.268 e. The summed E-state index contributed by atoms with van der Waals surface area (Å²) in [6, 6.07) is 15.8. The summed E-state index contributed by atoms with van der Waals surface area (Å²) in [6.45, 7) is 3.68. The molecular weight excluding hydrogens is 402 g/mol. The van der Waals surface area contributed by atoms with Crippen molar-refractivity contribution in [3.8, 4) is 5.75 Å². The van der Waals surface area contributed by atoms with Gasteiger partial charge in [0.2, 0.25) is 0 Å². The van der Waals surface area contributed by atoms with Gasteiger partial charge in [-0.15, -0.1) is 0 Å². The average Bonchev–Trinajstić information content (AvgIpc) is 2.73. The van der Waals surface area contributed by atoms with Crippen molar-refractivity contribution in [2.75, 3.05) is 7.11 Å². The van der Waals surface area contributed by atoms with E-state index in [0.717, 1.165) is 5.39 Å². The molecule has 7 heteroatoms. The third-order valence-electron chi connectivity index (χ3n) is 4.25. The van der Waals surface area contributed by atoms with E-state index >= 15 is 0 Å². The number of benzene rings is 2. The maximum atomic E-state index is 12.7. The smallest absolute Gasteiger partial charge is 0.268 e. The van der Waals surface area contributed by atoms with Crippen molar-refractivity contribution >= 4 is 40.4 Å². The van der Waals surface area contributed by atoms with E-state index < -0.39 is 11.8 Å². The third-order valence-corrected chi connectivity index (χ3v) is 4.56. The average molecular weight is 424 g/mol. The van der Waals surface area contributed by atoms with E-state index in [2.05, 4.69) is 15.6 Å². The molecule has 30 heavy (non-hydrogen) atoms. The minimum atomic E-state index is -0.417. The van der Waals surface area contributed by atoms with Gasteiger partial charge in [0.25, 0.3) is 11.8 Å². The van der Waals surface area contributed by atoms with Crippen LogP contribution in [0.15, 0.2) is 60.3 Å². The Balaban J connectivity index is 2.00. The zero-order valence-electron chi connectivity index (χ0n) is 16.9. The molecule has 2 aromatic carbocycles. The van der Waals surface area contributed by atoms with Crippen LogP contribution in [-0.2, 0) is 4.79 Å². The molecular formula is C23H22ClN3O3. The fourth-order valence-electron chi connectivity index (χ4n) is 2.81. The molecule has 0 saturated carbocycles. The van der Waals surface area contributed by atoms with Crippen LogP contribution in [-0.4, -0.2) is 29.9 Å². The molecule has 0 unspecified atom stereocenters. The summed E-state index contributed by atoms with van der Waals surface area (Å²) in [5.74, 6) is -0.142. The lowest BCUT2D eigenvalue weighted by molar-refractivity contribution is -0.118. The summed E-state index contributed by atoms with van der Waals surface area (Å²) in [5.41, 5.74) is 1.69. The minimum Gasteiger partial charge on any atom is -0.497 e. The molecule has 0 radical (unpaired) electrons. The largest absolute Gasteiger partial charge is 0.497 e. The highest BCUT2D eigenvalue weighted by molar-refractivity contribution is 6.31. The van der Waals surface area contributed by atoms with Gasteiger partial charge in [-0.1, -0.05) is 29.8 Å². The molecule has 0 atom stereocenters. The molecule has 3 aromatic rings. The molecule has 6 nitrogen and oxygen atoms in total. The summed E-state index contributed by atoms with van der Waals surface area (Å²) in [6.07, 6.45) is 1.53. The van der Waals surface area contributed by atoms with Gasteiger partial charge in [0, 0.05) is 28.6 Å². The third kappa shape index (κ3) is 5.15. The van der Waals surface area contributed by atoms with Crippen LogP contribution in [0.25, 0.3) is 17.0 Å². The van der Waals surface area contributed by atoms with Crippen LogP contribution in [0, 0.1) is 0 Å². The van der Waals surface area contributed by atoms with E-state index in [1.807, 2.05) is 32.0 Å². The number of hydrogen-bond donors (Lipinski definition) is 2. The molecule has 0 aliphatic carbocycles. The SMILES string of the molecule is COc1ccc2cc(/C=C(\NC(=O)c3ccccc3)C(=O)NC(C)C)c(Cl)nc2c1. The number of carbonyl (C=O) groups is 2. The highest BCUT2D eigenvalue weighted by Gasteiger charge is 2.16. The molecule has 2 N–H and O–H groups in total. The normalized spacial score (nSPS) is 11.4.